The molecule has 1 aromatic heterocycles. The fourth-order valence-corrected chi connectivity index (χ4v) is 3.36. The maximum Gasteiger partial charge on any atom is 0.203 e. The average molecular weight is 369 g/mol. The minimum absolute atomic E-state index is 0.0158. The van der Waals surface area contributed by atoms with Crippen LogP contribution in [-0.2, 0) is 6.42 Å². The van der Waals surface area contributed by atoms with Gasteiger partial charge in [-0.3, -0.25) is 4.79 Å². The minimum Gasteiger partial charge on any atom is -0.493 e. The van der Waals surface area contributed by atoms with Gasteiger partial charge < -0.3 is 24.9 Å². The molecule has 1 aromatic carbocycles. The highest BCUT2D eigenvalue weighted by Gasteiger charge is 2.36. The van der Waals surface area contributed by atoms with Crippen molar-refractivity contribution in [3.8, 4) is 34.4 Å². The van der Waals surface area contributed by atoms with Gasteiger partial charge in [0.05, 0.1) is 26.9 Å². The molecule has 0 radical (unpaired) electrons. The van der Waals surface area contributed by atoms with Crippen molar-refractivity contribution in [3.05, 3.63) is 29.1 Å². The summed E-state index contributed by atoms with van der Waals surface area (Å²) >= 11 is 0. The molecule has 2 aromatic rings. The molecular formula is C20H23N3O4. The Bertz CT molecular complexity index is 907. The summed E-state index contributed by atoms with van der Waals surface area (Å²) in [6.45, 7) is 0.380. The second kappa shape index (κ2) is 7.72. The van der Waals surface area contributed by atoms with Crippen LogP contribution in [0, 0.1) is 17.2 Å². The maximum atomic E-state index is 13.0. The molecule has 0 amide bonds. The summed E-state index contributed by atoms with van der Waals surface area (Å²) in [5.41, 5.74) is 8.51. The molecule has 7 nitrogen and oxygen atoms in total. The van der Waals surface area contributed by atoms with Crippen molar-refractivity contribution in [2.75, 3.05) is 27.9 Å². The number of H-pyrrole nitrogens is 1. The van der Waals surface area contributed by atoms with Gasteiger partial charge in [0.15, 0.2) is 17.3 Å². The summed E-state index contributed by atoms with van der Waals surface area (Å²) < 4.78 is 16.4. The lowest BCUT2D eigenvalue weighted by atomic mass is 9.93. The third-order valence-electron chi connectivity index (χ3n) is 4.75. The molecule has 1 fully saturated rings. The molecule has 0 saturated heterocycles. The van der Waals surface area contributed by atoms with E-state index in [1.54, 1.807) is 13.2 Å². The molecule has 1 heterocycles. The molecule has 0 aliphatic heterocycles. The van der Waals surface area contributed by atoms with Crippen molar-refractivity contribution >= 4 is 5.78 Å². The summed E-state index contributed by atoms with van der Waals surface area (Å²) in [7, 11) is 4.60. The van der Waals surface area contributed by atoms with E-state index in [-0.39, 0.29) is 17.4 Å². The highest BCUT2D eigenvalue weighted by atomic mass is 16.5. The van der Waals surface area contributed by atoms with E-state index in [9.17, 15) is 10.1 Å². The van der Waals surface area contributed by atoms with Gasteiger partial charge in [-0.1, -0.05) is 0 Å². The normalized spacial score (nSPS) is 13.1. The number of ketones is 1. The zero-order chi connectivity index (χ0) is 19.6. The van der Waals surface area contributed by atoms with Crippen LogP contribution >= 0.6 is 0 Å². The summed E-state index contributed by atoms with van der Waals surface area (Å²) in [5, 5.41) is 9.59. The molecule has 0 bridgehead atoms. The molecular weight excluding hydrogens is 346 g/mol. The lowest BCUT2D eigenvalue weighted by Crippen LogP contribution is -2.07. The van der Waals surface area contributed by atoms with Crippen LogP contribution in [0.25, 0.3) is 11.1 Å². The lowest BCUT2D eigenvalue weighted by Gasteiger charge is -2.17. The molecule has 1 aliphatic carbocycles. The molecule has 27 heavy (non-hydrogen) atoms. The number of nitriles is 1. The first-order chi connectivity index (χ1) is 13.1. The topological polar surface area (TPSA) is 110 Å². The van der Waals surface area contributed by atoms with Gasteiger partial charge in [-0.2, -0.15) is 5.26 Å². The van der Waals surface area contributed by atoms with Gasteiger partial charge in [0, 0.05) is 29.2 Å². The number of aromatic nitrogens is 1. The van der Waals surface area contributed by atoms with Crippen molar-refractivity contribution in [1.29, 1.82) is 5.26 Å². The Balaban J connectivity index is 2.31. The number of methoxy groups -OCH3 is 3. The van der Waals surface area contributed by atoms with Crippen LogP contribution in [0.4, 0.5) is 0 Å². The summed E-state index contributed by atoms with van der Waals surface area (Å²) in [6.07, 6.45) is 2.20. The SMILES string of the molecule is COc1ccc(-c2c(CCN)[nH]c(C#N)c2C(=O)C2CC2)c(OC)c1OC. The number of rotatable bonds is 8. The molecule has 1 saturated carbocycles. The molecule has 0 unspecified atom stereocenters. The second-order valence-electron chi connectivity index (χ2n) is 6.40. The van der Waals surface area contributed by atoms with E-state index in [0.717, 1.165) is 18.5 Å². The van der Waals surface area contributed by atoms with E-state index in [1.165, 1.54) is 14.2 Å². The third kappa shape index (κ3) is 3.24. The zero-order valence-electron chi connectivity index (χ0n) is 15.7. The molecule has 3 N–H and O–H groups in total. The Hall–Kier alpha value is -2.98. The van der Waals surface area contributed by atoms with Gasteiger partial charge in [-0.25, -0.2) is 0 Å². The van der Waals surface area contributed by atoms with Crippen LogP contribution in [-0.4, -0.2) is 38.6 Å². The summed E-state index contributed by atoms with van der Waals surface area (Å²) in [6, 6.07) is 5.69. The number of aromatic amines is 1. The number of hydrogen-bond donors (Lipinski definition) is 2. The third-order valence-corrected chi connectivity index (χ3v) is 4.75. The number of benzene rings is 1. The summed E-state index contributed by atoms with van der Waals surface area (Å²) in [4.78, 5) is 16.1. The Morgan fingerprint density at radius 2 is 1.93 bits per heavy atom. The predicted octanol–water partition coefficient (Wildman–Crippen LogP) is 2.67. The highest BCUT2D eigenvalue weighted by Crippen LogP contribution is 2.47. The van der Waals surface area contributed by atoms with Gasteiger partial charge >= 0.3 is 0 Å². The van der Waals surface area contributed by atoms with E-state index in [2.05, 4.69) is 11.1 Å². The molecule has 3 rings (SSSR count). The average Bonchev–Trinajstić information content (AvgIpc) is 3.48. The summed E-state index contributed by atoms with van der Waals surface area (Å²) in [5.74, 6) is 1.36. The number of hydrogen-bond acceptors (Lipinski definition) is 6. The van der Waals surface area contributed by atoms with E-state index in [0.29, 0.717) is 46.9 Å². The van der Waals surface area contributed by atoms with Crippen molar-refractivity contribution in [2.24, 2.45) is 11.7 Å². The van der Waals surface area contributed by atoms with Gasteiger partial charge in [0.25, 0.3) is 0 Å². The Morgan fingerprint density at radius 1 is 1.22 bits per heavy atom. The number of nitrogens with one attached hydrogen (secondary N) is 1. The van der Waals surface area contributed by atoms with Crippen LogP contribution in [0.3, 0.4) is 0 Å². The second-order valence-corrected chi connectivity index (χ2v) is 6.40. The number of nitrogens with zero attached hydrogens (tertiary/aromatic N) is 1. The number of carbonyl (C=O) groups is 1. The fraction of sp³-hybridized carbons (Fsp3) is 0.400. The first-order valence-corrected chi connectivity index (χ1v) is 8.79. The number of ether oxygens (including phenoxy) is 3. The fourth-order valence-electron chi connectivity index (χ4n) is 3.36. The highest BCUT2D eigenvalue weighted by molar-refractivity contribution is 6.08. The van der Waals surface area contributed by atoms with Crippen molar-refractivity contribution in [1.82, 2.24) is 4.98 Å². The maximum absolute atomic E-state index is 13.0. The van der Waals surface area contributed by atoms with Gasteiger partial charge in [0.2, 0.25) is 5.75 Å². The molecule has 142 valence electrons. The zero-order valence-corrected chi connectivity index (χ0v) is 15.7. The van der Waals surface area contributed by atoms with E-state index in [4.69, 9.17) is 19.9 Å². The molecule has 0 atom stereocenters. The minimum atomic E-state index is -0.0245. The van der Waals surface area contributed by atoms with Gasteiger partial charge in [-0.05, 0) is 31.5 Å². The Kier molecular flexibility index (Phi) is 5.38. The lowest BCUT2D eigenvalue weighted by molar-refractivity contribution is 0.0968. The standard InChI is InChI=1S/C20H23N3O4/c1-25-15-7-6-12(19(26-2)20(15)27-3)16-13(8-9-21)23-14(10-22)17(16)18(24)11-4-5-11/h6-7,11,23H,4-5,8-9,21H2,1-3H3. The smallest absolute Gasteiger partial charge is 0.203 e. The number of nitrogens with two attached hydrogens (primary N) is 1. The first-order valence-electron chi connectivity index (χ1n) is 8.79. The largest absolute Gasteiger partial charge is 0.493 e. The number of Topliss-reactive ketones (excluding diaryl/α,β-unsaturated/α-hetero) is 1. The van der Waals surface area contributed by atoms with Crippen LogP contribution in [0.1, 0.15) is 34.6 Å². The Labute approximate surface area is 158 Å². The molecule has 0 spiro atoms. The van der Waals surface area contributed by atoms with E-state index < -0.39 is 0 Å². The number of carbonyl (C=O) groups excluding carboxylic acids is 1. The molecule has 7 heteroatoms. The van der Waals surface area contributed by atoms with Gasteiger partial charge in [0.1, 0.15) is 11.8 Å². The van der Waals surface area contributed by atoms with Gasteiger partial charge in [-0.15, -0.1) is 0 Å². The predicted molar refractivity (Wildman–Crippen MR) is 100 cm³/mol. The van der Waals surface area contributed by atoms with Crippen molar-refractivity contribution < 1.29 is 19.0 Å². The first kappa shape index (κ1) is 18.8. The quantitative estimate of drug-likeness (QED) is 0.692. The van der Waals surface area contributed by atoms with Crippen molar-refractivity contribution in [2.45, 2.75) is 19.3 Å². The van der Waals surface area contributed by atoms with E-state index >= 15 is 0 Å². The monoisotopic (exact) mass is 369 g/mol. The van der Waals surface area contributed by atoms with E-state index in [1.807, 2.05) is 6.07 Å². The Morgan fingerprint density at radius 3 is 2.44 bits per heavy atom. The van der Waals surface area contributed by atoms with Crippen LogP contribution in [0.15, 0.2) is 12.1 Å². The van der Waals surface area contributed by atoms with Crippen LogP contribution in [0.5, 0.6) is 17.2 Å². The van der Waals surface area contributed by atoms with Crippen LogP contribution < -0.4 is 19.9 Å². The van der Waals surface area contributed by atoms with Crippen LogP contribution in [0.2, 0.25) is 0 Å². The molecule has 1 aliphatic rings. The van der Waals surface area contributed by atoms with Crippen molar-refractivity contribution in [3.63, 3.8) is 0 Å².